The minimum atomic E-state index is -0.618. The maximum atomic E-state index is 14.9. The molecule has 5 aromatic rings. The van der Waals surface area contributed by atoms with Crippen LogP contribution in [0.2, 0.25) is 0 Å². The average molecular weight is 548 g/mol. The first-order valence-corrected chi connectivity index (χ1v) is 13.0. The number of thiophene rings is 1. The normalized spacial score (nSPS) is 13.4. The molecule has 0 saturated heterocycles. The van der Waals surface area contributed by atoms with Gasteiger partial charge in [0.2, 0.25) is 0 Å². The summed E-state index contributed by atoms with van der Waals surface area (Å²) in [6, 6.07) is 12.1. The van der Waals surface area contributed by atoms with Gasteiger partial charge in [-0.15, -0.1) is 11.3 Å². The first-order chi connectivity index (χ1) is 18.7. The highest BCUT2D eigenvalue weighted by Crippen LogP contribution is 2.32. The summed E-state index contributed by atoms with van der Waals surface area (Å²) >= 11 is 1.12. The quantitative estimate of drug-likeness (QED) is 0.290. The maximum Gasteiger partial charge on any atom is 0.287 e. The van der Waals surface area contributed by atoms with Gasteiger partial charge in [-0.2, -0.15) is 10.2 Å². The Morgan fingerprint density at radius 3 is 2.79 bits per heavy atom. The van der Waals surface area contributed by atoms with Crippen LogP contribution in [0.4, 0.5) is 26.0 Å². The molecule has 0 unspecified atom stereocenters. The van der Waals surface area contributed by atoms with Crippen molar-refractivity contribution in [3.63, 3.8) is 0 Å². The van der Waals surface area contributed by atoms with Gasteiger partial charge in [-0.05, 0) is 61.3 Å². The number of halogens is 2. The van der Waals surface area contributed by atoms with Crippen molar-refractivity contribution in [1.29, 1.82) is 0 Å². The van der Waals surface area contributed by atoms with Gasteiger partial charge in [-0.1, -0.05) is 6.07 Å². The van der Waals surface area contributed by atoms with E-state index in [2.05, 4.69) is 30.8 Å². The number of rotatable bonds is 5. The van der Waals surface area contributed by atoms with Crippen molar-refractivity contribution in [2.45, 2.75) is 20.0 Å². The summed E-state index contributed by atoms with van der Waals surface area (Å²) in [6.07, 6.45) is 0. The molecule has 198 valence electrons. The Balaban J connectivity index is 1.29. The summed E-state index contributed by atoms with van der Waals surface area (Å²) in [5.74, 6) is -0.988. The number of nitrogens with one attached hydrogen (secondary N) is 3. The summed E-state index contributed by atoms with van der Waals surface area (Å²) in [5.41, 5.74) is 2.17. The van der Waals surface area contributed by atoms with E-state index in [1.54, 1.807) is 25.1 Å². The van der Waals surface area contributed by atoms with Gasteiger partial charge in [-0.3, -0.25) is 19.2 Å². The van der Waals surface area contributed by atoms with E-state index in [4.69, 9.17) is 0 Å². The summed E-state index contributed by atoms with van der Waals surface area (Å²) in [4.78, 5) is 28.0. The summed E-state index contributed by atoms with van der Waals surface area (Å²) in [5, 5.41) is 17.6. The van der Waals surface area contributed by atoms with E-state index in [1.807, 2.05) is 17.8 Å². The zero-order valence-corrected chi connectivity index (χ0v) is 21.8. The van der Waals surface area contributed by atoms with Gasteiger partial charge in [0.25, 0.3) is 11.5 Å². The first kappa shape index (κ1) is 24.9. The molecular formula is C27H23F2N7O2S. The van der Waals surface area contributed by atoms with Crippen LogP contribution in [0, 0.1) is 18.6 Å². The number of carbonyl (C=O) groups excluding carboxylic acids is 1. The van der Waals surface area contributed by atoms with Crippen molar-refractivity contribution in [2.24, 2.45) is 0 Å². The fraction of sp³-hybridized carbons (Fsp3) is 0.185. The van der Waals surface area contributed by atoms with Gasteiger partial charge < -0.3 is 10.6 Å². The van der Waals surface area contributed by atoms with Crippen LogP contribution in [0.5, 0.6) is 0 Å². The van der Waals surface area contributed by atoms with Crippen LogP contribution >= 0.6 is 11.3 Å². The molecule has 1 amide bonds. The Morgan fingerprint density at radius 1 is 1.10 bits per heavy atom. The van der Waals surface area contributed by atoms with E-state index >= 15 is 0 Å². The summed E-state index contributed by atoms with van der Waals surface area (Å²) < 4.78 is 31.0. The van der Waals surface area contributed by atoms with Crippen molar-refractivity contribution in [2.75, 3.05) is 24.2 Å². The zero-order valence-electron chi connectivity index (χ0n) is 21.0. The van der Waals surface area contributed by atoms with Crippen LogP contribution in [0.15, 0.2) is 53.3 Å². The highest BCUT2D eigenvalue weighted by Gasteiger charge is 2.20. The molecule has 12 heteroatoms. The number of nitrogens with zero attached hydrogens (tertiary/aromatic N) is 4. The molecule has 3 N–H and O–H groups in total. The van der Waals surface area contributed by atoms with Crippen molar-refractivity contribution in [3.05, 3.63) is 86.7 Å². The molecule has 0 aliphatic carbocycles. The van der Waals surface area contributed by atoms with E-state index < -0.39 is 23.1 Å². The van der Waals surface area contributed by atoms with Crippen molar-refractivity contribution in [1.82, 2.24) is 24.9 Å². The monoisotopic (exact) mass is 547 g/mol. The molecule has 0 spiro atoms. The lowest BCUT2D eigenvalue weighted by Crippen LogP contribution is -2.30. The third-order valence-corrected chi connectivity index (χ3v) is 7.79. The first-order valence-electron chi connectivity index (χ1n) is 12.2. The molecule has 0 fully saturated rings. The van der Waals surface area contributed by atoms with E-state index in [9.17, 15) is 18.4 Å². The maximum absolute atomic E-state index is 14.9. The van der Waals surface area contributed by atoms with E-state index in [0.717, 1.165) is 42.1 Å². The fourth-order valence-electron chi connectivity index (χ4n) is 4.63. The molecule has 0 saturated carbocycles. The number of H-pyrrole nitrogens is 1. The third kappa shape index (κ3) is 4.79. The second kappa shape index (κ2) is 9.71. The second-order valence-corrected chi connectivity index (χ2v) is 10.5. The lowest BCUT2D eigenvalue weighted by atomic mass is 10.0. The van der Waals surface area contributed by atoms with Crippen LogP contribution < -0.4 is 16.2 Å². The van der Waals surface area contributed by atoms with Gasteiger partial charge in [0.1, 0.15) is 17.3 Å². The Kier molecular flexibility index (Phi) is 6.20. The molecule has 1 aliphatic heterocycles. The van der Waals surface area contributed by atoms with E-state index in [-0.39, 0.29) is 11.4 Å². The van der Waals surface area contributed by atoms with Gasteiger partial charge in [0.05, 0.1) is 28.5 Å². The number of hydrogen-bond donors (Lipinski definition) is 3. The molecule has 1 aliphatic rings. The molecule has 3 aromatic heterocycles. The minimum Gasteiger partial charge on any atom is -0.334 e. The predicted octanol–water partition coefficient (Wildman–Crippen LogP) is 4.88. The number of hydrogen-bond acceptors (Lipinski definition) is 7. The Morgan fingerprint density at radius 2 is 1.95 bits per heavy atom. The SMILES string of the molecule is Cc1c(-c2cc(Nc3cc4n(n3)CCN(C)C4)c(=O)[nH]n2)ccc(F)c1NC(=O)c1cc2ccc(F)cc2s1. The fourth-order valence-corrected chi connectivity index (χ4v) is 5.62. The lowest BCUT2D eigenvalue weighted by Gasteiger charge is -2.22. The van der Waals surface area contributed by atoms with Gasteiger partial charge in [0, 0.05) is 29.4 Å². The van der Waals surface area contributed by atoms with Crippen LogP contribution in [0.25, 0.3) is 21.3 Å². The van der Waals surface area contributed by atoms with Crippen LogP contribution in [-0.4, -0.2) is 44.4 Å². The molecule has 4 heterocycles. The van der Waals surface area contributed by atoms with E-state index in [0.29, 0.717) is 32.2 Å². The largest absolute Gasteiger partial charge is 0.334 e. The number of likely N-dealkylation sites (N-methyl/N-ethyl adjacent to an activating group) is 1. The van der Waals surface area contributed by atoms with Crippen molar-refractivity contribution >= 4 is 44.5 Å². The Labute approximate surface area is 225 Å². The van der Waals surface area contributed by atoms with Crippen LogP contribution in [0.1, 0.15) is 20.9 Å². The molecule has 39 heavy (non-hydrogen) atoms. The van der Waals surface area contributed by atoms with Gasteiger partial charge in [0.15, 0.2) is 5.82 Å². The Hall–Kier alpha value is -4.42. The molecule has 0 bridgehead atoms. The Bertz CT molecular complexity index is 1810. The number of fused-ring (bicyclic) bond motifs is 2. The van der Waals surface area contributed by atoms with Gasteiger partial charge in [-0.25, -0.2) is 13.9 Å². The molecule has 0 radical (unpaired) electrons. The topological polar surface area (TPSA) is 108 Å². The zero-order chi connectivity index (χ0) is 27.3. The number of amides is 1. The standard InChI is InChI=1S/C27H23F2N7O2S/c1-14-18(5-6-19(29)25(14)31-27(38)23-9-15-3-4-16(28)10-22(15)39-23)20-12-21(26(37)33-32-20)30-24-11-17-13-35(2)7-8-36(17)34-24/h3-6,9-12H,7-8,13H2,1-2H3,(H,31,38)(H,33,37)(H,30,32,34). The average Bonchev–Trinajstić information content (AvgIpc) is 3.51. The van der Waals surface area contributed by atoms with Crippen LogP contribution in [0.3, 0.4) is 0 Å². The minimum absolute atomic E-state index is 0.00505. The number of aromatic amines is 1. The van der Waals surface area contributed by atoms with E-state index in [1.165, 1.54) is 24.3 Å². The molecular weight excluding hydrogens is 524 g/mol. The number of aromatic nitrogens is 4. The second-order valence-electron chi connectivity index (χ2n) is 9.44. The molecule has 9 nitrogen and oxygen atoms in total. The number of carbonyl (C=O) groups is 1. The molecule has 2 aromatic carbocycles. The highest BCUT2D eigenvalue weighted by molar-refractivity contribution is 7.20. The molecule has 6 rings (SSSR count). The third-order valence-electron chi connectivity index (χ3n) is 6.69. The van der Waals surface area contributed by atoms with Crippen LogP contribution in [-0.2, 0) is 13.1 Å². The predicted molar refractivity (Wildman–Crippen MR) is 147 cm³/mol. The van der Waals surface area contributed by atoms with Gasteiger partial charge >= 0.3 is 0 Å². The lowest BCUT2D eigenvalue weighted by molar-refractivity contribution is 0.103. The number of anilines is 3. The number of benzene rings is 2. The summed E-state index contributed by atoms with van der Waals surface area (Å²) in [7, 11) is 2.04. The highest BCUT2D eigenvalue weighted by atomic mass is 32.1. The van der Waals surface area contributed by atoms with Crippen molar-refractivity contribution in [3.8, 4) is 11.3 Å². The smallest absolute Gasteiger partial charge is 0.287 e. The van der Waals surface area contributed by atoms with Crippen molar-refractivity contribution < 1.29 is 13.6 Å². The molecule has 0 atom stereocenters. The summed E-state index contributed by atoms with van der Waals surface area (Å²) in [6.45, 7) is 4.06.